The van der Waals surface area contributed by atoms with E-state index in [1.54, 1.807) is 4.90 Å². The van der Waals surface area contributed by atoms with Gasteiger partial charge in [-0.3, -0.25) is 9.69 Å². The first-order valence-corrected chi connectivity index (χ1v) is 7.18. The van der Waals surface area contributed by atoms with E-state index >= 15 is 0 Å². The molecule has 2 heterocycles. The number of nitrogens with zero attached hydrogens (tertiary/aromatic N) is 3. The van der Waals surface area contributed by atoms with Crippen LogP contribution in [0.5, 0.6) is 0 Å². The maximum atomic E-state index is 12.1. The van der Waals surface area contributed by atoms with Crippen LogP contribution in [0.25, 0.3) is 5.69 Å². The first-order valence-electron chi connectivity index (χ1n) is 6.67. The molecule has 104 valence electrons. The molecular weight excluding hydrogens is 270 g/mol. The molecule has 3 rings (SSSR count). The molecule has 1 atom stereocenters. The van der Waals surface area contributed by atoms with Crippen LogP contribution in [0.15, 0.2) is 30.3 Å². The summed E-state index contributed by atoms with van der Waals surface area (Å²) in [6.07, 6.45) is 0.487. The maximum absolute atomic E-state index is 12.1. The molecule has 1 saturated heterocycles. The quantitative estimate of drug-likeness (QED) is 0.862. The van der Waals surface area contributed by atoms with Gasteiger partial charge >= 0.3 is 0 Å². The Bertz CT molecular complexity index is 648. The largest absolute Gasteiger partial charge is 0.296 e. The standard InChI is InChI=1S/C15H17N3OS/c1-10-3-5-12(6-4-10)18-14(7-11(2)16-18)17-9-13(20)8-15(17)19/h3-7,13,20H,8-9H2,1-2H3. The normalized spacial score (nSPS) is 18.9. The van der Waals surface area contributed by atoms with Crippen molar-refractivity contribution < 1.29 is 4.79 Å². The van der Waals surface area contributed by atoms with Crippen molar-refractivity contribution >= 4 is 24.4 Å². The molecule has 0 radical (unpaired) electrons. The first kappa shape index (κ1) is 13.2. The van der Waals surface area contributed by atoms with E-state index in [1.807, 2.05) is 41.9 Å². The van der Waals surface area contributed by atoms with Crippen molar-refractivity contribution in [1.29, 1.82) is 0 Å². The fourth-order valence-electron chi connectivity index (χ4n) is 2.46. The molecule has 0 N–H and O–H groups in total. The van der Waals surface area contributed by atoms with Crippen LogP contribution in [-0.4, -0.2) is 27.5 Å². The number of carbonyl (C=O) groups is 1. The summed E-state index contributed by atoms with van der Waals surface area (Å²) >= 11 is 4.41. The summed E-state index contributed by atoms with van der Waals surface area (Å²) in [5, 5.41) is 4.61. The first-order chi connectivity index (χ1) is 9.54. The Kier molecular flexibility index (Phi) is 3.30. The van der Waals surface area contributed by atoms with Gasteiger partial charge in [0.2, 0.25) is 5.91 Å². The highest BCUT2D eigenvalue weighted by atomic mass is 32.1. The smallest absolute Gasteiger partial charge is 0.229 e. The number of aryl methyl sites for hydroxylation is 2. The van der Waals surface area contributed by atoms with Gasteiger partial charge in [0.1, 0.15) is 5.82 Å². The van der Waals surface area contributed by atoms with Crippen LogP contribution < -0.4 is 4.90 Å². The van der Waals surface area contributed by atoms with E-state index in [0.29, 0.717) is 13.0 Å². The minimum atomic E-state index is 0.101. The van der Waals surface area contributed by atoms with Gasteiger partial charge in [0, 0.05) is 24.3 Å². The second kappa shape index (κ2) is 4.98. The lowest BCUT2D eigenvalue weighted by Gasteiger charge is -2.17. The molecule has 1 aliphatic heterocycles. The van der Waals surface area contributed by atoms with Crippen molar-refractivity contribution in [3.05, 3.63) is 41.6 Å². The van der Waals surface area contributed by atoms with Crippen LogP contribution in [0.2, 0.25) is 0 Å². The SMILES string of the molecule is Cc1ccc(-n2nc(C)cc2N2CC(S)CC2=O)cc1. The molecule has 0 spiro atoms. The second-order valence-corrected chi connectivity index (χ2v) is 5.98. The van der Waals surface area contributed by atoms with Gasteiger partial charge in [0.25, 0.3) is 0 Å². The molecule has 1 unspecified atom stereocenters. The zero-order valence-corrected chi connectivity index (χ0v) is 12.5. The molecule has 1 aliphatic rings. The number of hydrogen-bond acceptors (Lipinski definition) is 3. The predicted octanol–water partition coefficient (Wildman–Crippen LogP) is 2.52. The van der Waals surface area contributed by atoms with E-state index in [2.05, 4.69) is 24.7 Å². The second-order valence-electron chi connectivity index (χ2n) is 5.25. The zero-order valence-electron chi connectivity index (χ0n) is 11.6. The molecule has 0 aliphatic carbocycles. The summed E-state index contributed by atoms with van der Waals surface area (Å²) in [5.41, 5.74) is 3.07. The lowest BCUT2D eigenvalue weighted by atomic mass is 10.2. The van der Waals surface area contributed by atoms with E-state index in [0.717, 1.165) is 17.2 Å². The van der Waals surface area contributed by atoms with Gasteiger partial charge in [-0.2, -0.15) is 17.7 Å². The van der Waals surface area contributed by atoms with Gasteiger partial charge in [0.15, 0.2) is 0 Å². The molecule has 1 aromatic heterocycles. The van der Waals surface area contributed by atoms with Gasteiger partial charge in [-0.05, 0) is 26.0 Å². The summed E-state index contributed by atoms with van der Waals surface area (Å²) in [6.45, 7) is 4.63. The lowest BCUT2D eigenvalue weighted by molar-refractivity contribution is -0.117. The van der Waals surface area contributed by atoms with Crippen molar-refractivity contribution in [2.75, 3.05) is 11.4 Å². The van der Waals surface area contributed by atoms with Gasteiger partial charge in [-0.15, -0.1) is 0 Å². The molecule has 1 fully saturated rings. The predicted molar refractivity (Wildman–Crippen MR) is 82.8 cm³/mol. The Hall–Kier alpha value is -1.75. The molecule has 4 nitrogen and oxygen atoms in total. The third-order valence-corrected chi connectivity index (χ3v) is 3.82. The molecule has 1 amide bonds. The molecular formula is C15H17N3OS. The fraction of sp³-hybridized carbons (Fsp3) is 0.333. The average molecular weight is 287 g/mol. The van der Waals surface area contributed by atoms with E-state index in [1.165, 1.54) is 5.56 Å². The van der Waals surface area contributed by atoms with Gasteiger partial charge in [-0.25, -0.2) is 4.68 Å². The van der Waals surface area contributed by atoms with Crippen LogP contribution in [0, 0.1) is 13.8 Å². The molecule has 1 aromatic carbocycles. The number of thiol groups is 1. The Morgan fingerprint density at radius 2 is 1.95 bits per heavy atom. The molecule has 0 saturated carbocycles. The Morgan fingerprint density at radius 1 is 1.25 bits per heavy atom. The van der Waals surface area contributed by atoms with Crippen molar-refractivity contribution in [1.82, 2.24) is 9.78 Å². The van der Waals surface area contributed by atoms with E-state index in [4.69, 9.17) is 0 Å². The highest BCUT2D eigenvalue weighted by Gasteiger charge is 2.30. The van der Waals surface area contributed by atoms with E-state index in [-0.39, 0.29) is 11.2 Å². The highest BCUT2D eigenvalue weighted by molar-refractivity contribution is 7.81. The minimum absolute atomic E-state index is 0.101. The maximum Gasteiger partial charge on any atom is 0.229 e. The summed E-state index contributed by atoms with van der Waals surface area (Å²) < 4.78 is 1.83. The number of anilines is 1. The van der Waals surface area contributed by atoms with Gasteiger partial charge in [-0.1, -0.05) is 17.7 Å². The van der Waals surface area contributed by atoms with Gasteiger partial charge in [0.05, 0.1) is 11.4 Å². The molecule has 2 aromatic rings. The molecule has 0 bridgehead atoms. The fourth-order valence-corrected chi connectivity index (χ4v) is 2.78. The molecule has 5 heteroatoms. The Morgan fingerprint density at radius 3 is 2.55 bits per heavy atom. The Balaban J connectivity index is 2.04. The van der Waals surface area contributed by atoms with Crippen molar-refractivity contribution in [2.45, 2.75) is 25.5 Å². The van der Waals surface area contributed by atoms with Crippen LogP contribution in [0.1, 0.15) is 17.7 Å². The highest BCUT2D eigenvalue weighted by Crippen LogP contribution is 2.27. The Labute approximate surface area is 123 Å². The number of benzene rings is 1. The summed E-state index contributed by atoms with van der Waals surface area (Å²) in [6, 6.07) is 10.1. The van der Waals surface area contributed by atoms with Gasteiger partial charge < -0.3 is 0 Å². The van der Waals surface area contributed by atoms with E-state index in [9.17, 15) is 4.79 Å². The topological polar surface area (TPSA) is 38.1 Å². The van der Waals surface area contributed by atoms with Crippen LogP contribution in [-0.2, 0) is 4.79 Å². The van der Waals surface area contributed by atoms with Crippen molar-refractivity contribution in [3.8, 4) is 5.69 Å². The number of carbonyl (C=O) groups excluding carboxylic acids is 1. The number of rotatable bonds is 2. The van der Waals surface area contributed by atoms with Crippen LogP contribution in [0.4, 0.5) is 5.82 Å². The lowest BCUT2D eigenvalue weighted by Crippen LogP contribution is -2.27. The van der Waals surface area contributed by atoms with Crippen LogP contribution >= 0.6 is 12.6 Å². The average Bonchev–Trinajstić information content (AvgIpc) is 2.93. The minimum Gasteiger partial charge on any atom is -0.296 e. The molecule has 20 heavy (non-hydrogen) atoms. The summed E-state index contributed by atoms with van der Waals surface area (Å²) in [4.78, 5) is 13.8. The summed E-state index contributed by atoms with van der Waals surface area (Å²) in [5.74, 6) is 0.936. The zero-order chi connectivity index (χ0) is 14.3. The van der Waals surface area contributed by atoms with Crippen molar-refractivity contribution in [2.24, 2.45) is 0 Å². The summed E-state index contributed by atoms with van der Waals surface area (Å²) in [7, 11) is 0. The third kappa shape index (κ3) is 2.33. The third-order valence-electron chi connectivity index (χ3n) is 3.47. The number of hydrogen-bond donors (Lipinski definition) is 1. The van der Waals surface area contributed by atoms with Crippen molar-refractivity contribution in [3.63, 3.8) is 0 Å². The number of amides is 1. The van der Waals surface area contributed by atoms with E-state index < -0.39 is 0 Å². The number of aromatic nitrogens is 2. The van der Waals surface area contributed by atoms with Crippen LogP contribution in [0.3, 0.4) is 0 Å². The monoisotopic (exact) mass is 287 g/mol.